The molecule has 0 saturated carbocycles. The van der Waals surface area contributed by atoms with Crippen LogP contribution in [0.1, 0.15) is 16.8 Å². The SMILES string of the molecule is FC(F)C(F)(F)C(Br)c1cc2c(cc1Cl)OCCCO2. The van der Waals surface area contributed by atoms with E-state index in [1.165, 1.54) is 12.1 Å². The second kappa shape index (κ2) is 5.97. The van der Waals surface area contributed by atoms with Crippen molar-refractivity contribution in [1.82, 2.24) is 0 Å². The first kappa shape index (κ1) is 15.7. The molecule has 1 atom stereocenters. The molecule has 2 rings (SSSR count). The van der Waals surface area contributed by atoms with Crippen LogP contribution < -0.4 is 9.47 Å². The van der Waals surface area contributed by atoms with E-state index in [9.17, 15) is 17.6 Å². The fraction of sp³-hybridized carbons (Fsp3) is 0.500. The molecule has 1 aliphatic rings. The van der Waals surface area contributed by atoms with Crippen molar-refractivity contribution >= 4 is 27.5 Å². The number of alkyl halides is 5. The minimum absolute atomic E-state index is 0.0866. The number of rotatable bonds is 3. The lowest BCUT2D eigenvalue weighted by molar-refractivity contribution is -0.127. The first-order valence-corrected chi connectivity index (χ1v) is 7.02. The molecular weight excluding hydrogens is 367 g/mol. The highest BCUT2D eigenvalue weighted by Gasteiger charge is 2.49. The topological polar surface area (TPSA) is 18.5 Å². The molecule has 0 aliphatic carbocycles. The lowest BCUT2D eigenvalue weighted by atomic mass is 10.1. The van der Waals surface area contributed by atoms with Crippen molar-refractivity contribution in [2.75, 3.05) is 13.2 Å². The van der Waals surface area contributed by atoms with E-state index in [0.29, 0.717) is 25.4 Å². The predicted octanol–water partition coefficient (Wildman–Crippen LogP) is 4.84. The van der Waals surface area contributed by atoms with E-state index in [1.54, 1.807) is 0 Å². The molecule has 1 unspecified atom stereocenters. The second-order valence-corrected chi connectivity index (χ2v) is 5.53. The van der Waals surface area contributed by atoms with E-state index in [1.807, 2.05) is 0 Å². The van der Waals surface area contributed by atoms with Gasteiger partial charge in [-0.1, -0.05) is 27.5 Å². The molecule has 2 nitrogen and oxygen atoms in total. The molecule has 0 aromatic heterocycles. The summed E-state index contributed by atoms with van der Waals surface area (Å²) in [6.07, 6.45) is -3.18. The highest BCUT2D eigenvalue weighted by molar-refractivity contribution is 9.09. The van der Waals surface area contributed by atoms with E-state index in [-0.39, 0.29) is 16.3 Å². The van der Waals surface area contributed by atoms with Gasteiger partial charge in [0.25, 0.3) is 0 Å². The molecule has 1 heterocycles. The van der Waals surface area contributed by atoms with Gasteiger partial charge in [-0.2, -0.15) is 8.78 Å². The van der Waals surface area contributed by atoms with Crippen molar-refractivity contribution in [3.8, 4) is 11.5 Å². The van der Waals surface area contributed by atoms with Gasteiger partial charge in [0, 0.05) is 17.5 Å². The molecule has 8 heteroatoms. The zero-order valence-electron chi connectivity index (χ0n) is 10.0. The van der Waals surface area contributed by atoms with E-state index < -0.39 is 17.2 Å². The standard InChI is InChI=1S/C12H10BrClF4O2/c13-10(12(17,18)11(15)16)6-4-8-9(5-7(6)14)20-3-1-2-19-8/h4-5,10-11H,1-3H2. The van der Waals surface area contributed by atoms with Crippen molar-refractivity contribution < 1.29 is 27.0 Å². The smallest absolute Gasteiger partial charge is 0.323 e. The molecule has 112 valence electrons. The highest BCUT2D eigenvalue weighted by atomic mass is 79.9. The molecule has 0 bridgehead atoms. The average molecular weight is 378 g/mol. The summed E-state index contributed by atoms with van der Waals surface area (Å²) in [5, 5.41) is -0.0866. The molecule has 1 aromatic rings. The quantitative estimate of drug-likeness (QED) is 0.554. The molecular formula is C12H10BrClF4O2. The summed E-state index contributed by atoms with van der Waals surface area (Å²) in [4.78, 5) is -1.92. The van der Waals surface area contributed by atoms with Crippen molar-refractivity contribution in [3.63, 3.8) is 0 Å². The van der Waals surface area contributed by atoms with Gasteiger partial charge in [-0.3, -0.25) is 0 Å². The lowest BCUT2D eigenvalue weighted by Crippen LogP contribution is -2.31. The van der Waals surface area contributed by atoms with Crippen LogP contribution in [-0.2, 0) is 0 Å². The summed E-state index contributed by atoms with van der Waals surface area (Å²) in [5.74, 6) is -3.71. The van der Waals surface area contributed by atoms with Gasteiger partial charge in [0.2, 0.25) is 0 Å². The Morgan fingerprint density at radius 2 is 1.70 bits per heavy atom. The molecule has 0 radical (unpaired) electrons. The summed E-state index contributed by atoms with van der Waals surface area (Å²) in [7, 11) is 0. The maximum absolute atomic E-state index is 13.4. The van der Waals surface area contributed by atoms with Gasteiger partial charge in [0.1, 0.15) is 4.83 Å². The molecule has 1 aliphatic heterocycles. The van der Waals surface area contributed by atoms with Crippen LogP contribution in [0.15, 0.2) is 12.1 Å². The van der Waals surface area contributed by atoms with Crippen molar-refractivity contribution in [3.05, 3.63) is 22.7 Å². The normalized spacial score (nSPS) is 16.9. The molecule has 0 fully saturated rings. The fourth-order valence-corrected chi connectivity index (χ4v) is 2.68. The van der Waals surface area contributed by atoms with E-state index in [4.69, 9.17) is 21.1 Å². The predicted molar refractivity (Wildman–Crippen MR) is 69.7 cm³/mol. The van der Waals surface area contributed by atoms with Crippen LogP contribution in [0.2, 0.25) is 5.02 Å². The molecule has 1 aromatic carbocycles. The number of fused-ring (bicyclic) bond motifs is 1. The maximum atomic E-state index is 13.4. The van der Waals surface area contributed by atoms with Crippen molar-refractivity contribution in [1.29, 1.82) is 0 Å². The molecule has 0 spiro atoms. The second-order valence-electron chi connectivity index (χ2n) is 4.21. The van der Waals surface area contributed by atoms with E-state index >= 15 is 0 Å². The van der Waals surface area contributed by atoms with Gasteiger partial charge < -0.3 is 9.47 Å². The van der Waals surface area contributed by atoms with Gasteiger partial charge in [-0.05, 0) is 11.6 Å². The molecule has 0 N–H and O–H groups in total. The number of halogens is 6. The number of ether oxygens (including phenoxy) is 2. The van der Waals surface area contributed by atoms with Gasteiger partial charge in [-0.15, -0.1) is 0 Å². The van der Waals surface area contributed by atoms with Crippen LogP contribution in [-0.4, -0.2) is 25.6 Å². The van der Waals surface area contributed by atoms with Gasteiger partial charge in [0.15, 0.2) is 11.5 Å². The average Bonchev–Trinajstić information content (AvgIpc) is 2.61. The molecule has 0 saturated heterocycles. The Labute approximate surface area is 126 Å². The Balaban J connectivity index is 2.40. The summed E-state index contributed by atoms with van der Waals surface area (Å²) in [6, 6.07) is 2.51. The van der Waals surface area contributed by atoms with Crippen molar-refractivity contribution in [2.45, 2.75) is 23.6 Å². The monoisotopic (exact) mass is 376 g/mol. The largest absolute Gasteiger partial charge is 0.490 e. The minimum Gasteiger partial charge on any atom is -0.490 e. The summed E-state index contributed by atoms with van der Waals surface area (Å²) in [5.41, 5.74) is -0.166. The third kappa shape index (κ3) is 2.98. The van der Waals surface area contributed by atoms with Crippen LogP contribution in [0, 0.1) is 0 Å². The summed E-state index contributed by atoms with van der Waals surface area (Å²) < 4.78 is 62.3. The Kier molecular flexibility index (Phi) is 4.69. The van der Waals surface area contributed by atoms with Crippen LogP contribution in [0.3, 0.4) is 0 Å². The number of hydrogen-bond donors (Lipinski definition) is 0. The third-order valence-corrected chi connectivity index (χ3v) is 4.20. The Morgan fingerprint density at radius 1 is 1.15 bits per heavy atom. The number of benzene rings is 1. The summed E-state index contributed by atoms with van der Waals surface area (Å²) in [6.45, 7) is 0.764. The van der Waals surface area contributed by atoms with Crippen LogP contribution in [0.5, 0.6) is 11.5 Å². The zero-order valence-corrected chi connectivity index (χ0v) is 12.4. The van der Waals surface area contributed by atoms with Crippen LogP contribution in [0.25, 0.3) is 0 Å². The van der Waals surface area contributed by atoms with Crippen molar-refractivity contribution in [2.24, 2.45) is 0 Å². The van der Waals surface area contributed by atoms with Gasteiger partial charge in [-0.25, -0.2) is 8.78 Å². The van der Waals surface area contributed by atoms with Crippen LogP contribution >= 0.6 is 27.5 Å². The van der Waals surface area contributed by atoms with Gasteiger partial charge in [0.05, 0.1) is 13.2 Å². The Hall–Kier alpha value is -0.690. The molecule has 0 amide bonds. The minimum atomic E-state index is -4.25. The zero-order chi connectivity index (χ0) is 14.9. The van der Waals surface area contributed by atoms with Crippen LogP contribution in [0.4, 0.5) is 17.6 Å². The fourth-order valence-electron chi connectivity index (χ4n) is 1.71. The Morgan fingerprint density at radius 3 is 2.25 bits per heavy atom. The highest BCUT2D eigenvalue weighted by Crippen LogP contribution is 2.47. The van der Waals surface area contributed by atoms with E-state index in [0.717, 1.165) is 0 Å². The number of hydrogen-bond acceptors (Lipinski definition) is 2. The lowest BCUT2D eigenvalue weighted by Gasteiger charge is -2.23. The third-order valence-electron chi connectivity index (χ3n) is 2.77. The first-order chi connectivity index (χ1) is 9.34. The summed E-state index contributed by atoms with van der Waals surface area (Å²) >= 11 is 8.47. The Bertz CT molecular complexity index is 499. The first-order valence-electron chi connectivity index (χ1n) is 5.73. The van der Waals surface area contributed by atoms with Gasteiger partial charge >= 0.3 is 12.3 Å². The maximum Gasteiger partial charge on any atom is 0.323 e. The molecule has 20 heavy (non-hydrogen) atoms. The van der Waals surface area contributed by atoms with E-state index in [2.05, 4.69) is 15.9 Å².